The van der Waals surface area contributed by atoms with Crippen molar-refractivity contribution in [2.45, 2.75) is 20.0 Å². The van der Waals surface area contributed by atoms with E-state index in [0.717, 1.165) is 5.56 Å². The molecule has 0 radical (unpaired) electrons. The molecule has 1 heterocycles. The number of benzene rings is 1. The molecule has 0 spiro atoms. The van der Waals surface area contributed by atoms with E-state index in [0.29, 0.717) is 30.8 Å². The van der Waals surface area contributed by atoms with Gasteiger partial charge >= 0.3 is 0 Å². The minimum Gasteiger partial charge on any atom is -0.352 e. The first-order chi connectivity index (χ1) is 9.67. The molecular weight excluding hydrogens is 388 g/mol. The van der Waals surface area contributed by atoms with E-state index in [1.807, 2.05) is 0 Å². The fraction of sp³-hybridized carbons (Fsp3) is 0.308. The highest BCUT2D eigenvalue weighted by atomic mass is 127. The molecule has 0 bridgehead atoms. The number of aryl methyl sites for hydroxylation is 1. The van der Waals surface area contributed by atoms with Crippen molar-refractivity contribution in [2.24, 2.45) is 4.99 Å². The topological polar surface area (TPSA) is 75.3 Å². The Balaban J connectivity index is 0.00000220. The second-order valence-corrected chi connectivity index (χ2v) is 4.14. The molecule has 0 aliphatic rings. The number of nitrogens with zero attached hydrogens (tertiary/aromatic N) is 3. The van der Waals surface area contributed by atoms with E-state index in [4.69, 9.17) is 4.52 Å². The highest BCUT2D eigenvalue weighted by Gasteiger charge is 2.03. The van der Waals surface area contributed by atoms with Gasteiger partial charge in [0.25, 0.3) is 0 Å². The Bertz CT molecular complexity index is 585. The lowest BCUT2D eigenvalue weighted by atomic mass is 10.2. The summed E-state index contributed by atoms with van der Waals surface area (Å²) in [6.45, 7) is 2.70. The Labute approximate surface area is 139 Å². The van der Waals surface area contributed by atoms with E-state index >= 15 is 0 Å². The van der Waals surface area contributed by atoms with Crippen LogP contribution in [-0.2, 0) is 13.1 Å². The average molecular weight is 405 g/mol. The number of halogens is 2. The van der Waals surface area contributed by atoms with Crippen molar-refractivity contribution >= 4 is 29.9 Å². The van der Waals surface area contributed by atoms with Crippen molar-refractivity contribution in [3.05, 3.63) is 47.4 Å². The van der Waals surface area contributed by atoms with Crippen LogP contribution in [0.15, 0.2) is 33.8 Å². The Morgan fingerprint density at radius 2 is 1.90 bits per heavy atom. The summed E-state index contributed by atoms with van der Waals surface area (Å²) >= 11 is 0. The average Bonchev–Trinajstić information content (AvgIpc) is 2.87. The maximum atomic E-state index is 12.8. The van der Waals surface area contributed by atoms with E-state index in [1.54, 1.807) is 26.1 Å². The van der Waals surface area contributed by atoms with E-state index in [9.17, 15) is 4.39 Å². The predicted molar refractivity (Wildman–Crippen MR) is 87.9 cm³/mol. The number of hydrogen-bond acceptors (Lipinski definition) is 4. The van der Waals surface area contributed by atoms with Crippen molar-refractivity contribution in [1.29, 1.82) is 0 Å². The van der Waals surface area contributed by atoms with Crippen LogP contribution >= 0.6 is 24.0 Å². The van der Waals surface area contributed by atoms with Crippen LogP contribution in [0, 0.1) is 12.7 Å². The maximum Gasteiger partial charge on any atom is 0.223 e. The molecule has 6 nitrogen and oxygen atoms in total. The van der Waals surface area contributed by atoms with Crippen LogP contribution in [0.4, 0.5) is 4.39 Å². The first kappa shape index (κ1) is 17.3. The lowest BCUT2D eigenvalue weighted by Gasteiger charge is -2.10. The molecule has 2 rings (SSSR count). The van der Waals surface area contributed by atoms with Gasteiger partial charge in [0.05, 0.1) is 6.54 Å². The molecule has 0 aliphatic carbocycles. The lowest BCUT2D eigenvalue weighted by Crippen LogP contribution is -2.36. The molecule has 0 saturated carbocycles. The number of rotatable bonds is 4. The van der Waals surface area contributed by atoms with Crippen molar-refractivity contribution in [1.82, 2.24) is 20.8 Å². The Morgan fingerprint density at radius 1 is 1.24 bits per heavy atom. The summed E-state index contributed by atoms with van der Waals surface area (Å²) in [5, 5.41) is 9.95. The van der Waals surface area contributed by atoms with E-state index in [1.165, 1.54) is 12.1 Å². The largest absolute Gasteiger partial charge is 0.352 e. The highest BCUT2D eigenvalue weighted by molar-refractivity contribution is 14.0. The molecular formula is C13H17FIN5O. The monoisotopic (exact) mass is 405 g/mol. The summed E-state index contributed by atoms with van der Waals surface area (Å²) < 4.78 is 17.7. The van der Waals surface area contributed by atoms with Gasteiger partial charge in [-0.3, -0.25) is 4.99 Å². The van der Waals surface area contributed by atoms with Crippen LogP contribution in [0.1, 0.15) is 17.3 Å². The van der Waals surface area contributed by atoms with Crippen molar-refractivity contribution in [3.63, 3.8) is 0 Å². The summed E-state index contributed by atoms with van der Waals surface area (Å²) in [5.74, 6) is 1.45. The molecule has 8 heteroatoms. The number of guanidine groups is 1. The van der Waals surface area contributed by atoms with Crippen LogP contribution in [0.5, 0.6) is 0 Å². The summed E-state index contributed by atoms with van der Waals surface area (Å²) in [7, 11) is 1.67. The van der Waals surface area contributed by atoms with Gasteiger partial charge in [-0.15, -0.1) is 24.0 Å². The summed E-state index contributed by atoms with van der Waals surface area (Å²) in [6, 6.07) is 6.29. The number of nitrogens with one attached hydrogen (secondary N) is 2. The van der Waals surface area contributed by atoms with Crippen molar-refractivity contribution in [3.8, 4) is 0 Å². The van der Waals surface area contributed by atoms with Crippen molar-refractivity contribution < 1.29 is 8.91 Å². The molecule has 0 atom stereocenters. The second kappa shape index (κ2) is 8.55. The van der Waals surface area contributed by atoms with E-state index in [2.05, 4.69) is 25.8 Å². The second-order valence-electron chi connectivity index (χ2n) is 4.14. The van der Waals surface area contributed by atoms with Gasteiger partial charge in [-0.1, -0.05) is 17.3 Å². The molecule has 1 aromatic carbocycles. The zero-order valence-corrected chi connectivity index (χ0v) is 14.1. The van der Waals surface area contributed by atoms with Crippen molar-refractivity contribution in [2.75, 3.05) is 7.05 Å². The van der Waals surface area contributed by atoms with Crippen LogP contribution < -0.4 is 10.6 Å². The first-order valence-corrected chi connectivity index (χ1v) is 6.15. The molecule has 2 N–H and O–H groups in total. The number of aromatic nitrogens is 2. The third-order valence-electron chi connectivity index (χ3n) is 2.58. The standard InChI is InChI=1S/C13H16FN5O.HI/c1-9-18-12(19-20-9)8-17-13(15-2)16-7-10-3-5-11(14)6-4-10;/h3-6H,7-8H2,1-2H3,(H2,15,16,17);1H. The third-order valence-corrected chi connectivity index (χ3v) is 2.58. The van der Waals surface area contributed by atoms with Crippen LogP contribution in [-0.4, -0.2) is 23.1 Å². The minimum atomic E-state index is -0.247. The number of aliphatic imine (C=N–C) groups is 1. The van der Waals surface area contributed by atoms with Crippen LogP contribution in [0.2, 0.25) is 0 Å². The fourth-order valence-corrected chi connectivity index (χ4v) is 1.58. The smallest absolute Gasteiger partial charge is 0.223 e. The van der Waals surface area contributed by atoms with Gasteiger partial charge in [0.15, 0.2) is 11.8 Å². The van der Waals surface area contributed by atoms with Gasteiger partial charge < -0.3 is 15.2 Å². The first-order valence-electron chi connectivity index (χ1n) is 6.15. The SMILES string of the molecule is CN=C(NCc1ccc(F)cc1)NCc1noc(C)n1.I. The summed E-state index contributed by atoms with van der Waals surface area (Å²) in [6.07, 6.45) is 0. The lowest BCUT2D eigenvalue weighted by molar-refractivity contribution is 0.387. The van der Waals surface area contributed by atoms with Gasteiger partial charge in [0, 0.05) is 20.5 Å². The Hall–Kier alpha value is -1.71. The third kappa shape index (κ3) is 5.66. The van der Waals surface area contributed by atoms with Gasteiger partial charge in [0.2, 0.25) is 5.89 Å². The van der Waals surface area contributed by atoms with Gasteiger partial charge in [0.1, 0.15) is 5.82 Å². The van der Waals surface area contributed by atoms with E-state index < -0.39 is 0 Å². The van der Waals surface area contributed by atoms with E-state index in [-0.39, 0.29) is 29.8 Å². The zero-order valence-electron chi connectivity index (χ0n) is 11.8. The van der Waals surface area contributed by atoms with Gasteiger partial charge in [-0.2, -0.15) is 4.98 Å². The fourth-order valence-electron chi connectivity index (χ4n) is 1.58. The molecule has 0 saturated heterocycles. The Kier molecular flexibility index (Phi) is 7.06. The normalized spacial score (nSPS) is 10.9. The van der Waals surface area contributed by atoms with Crippen LogP contribution in [0.25, 0.3) is 0 Å². The highest BCUT2D eigenvalue weighted by Crippen LogP contribution is 2.02. The minimum absolute atomic E-state index is 0. The molecule has 21 heavy (non-hydrogen) atoms. The van der Waals surface area contributed by atoms with Gasteiger partial charge in [-0.25, -0.2) is 4.39 Å². The summed E-state index contributed by atoms with van der Waals surface area (Å²) in [4.78, 5) is 8.16. The molecule has 0 amide bonds. The predicted octanol–water partition coefficient (Wildman–Crippen LogP) is 2.00. The van der Waals surface area contributed by atoms with Crippen LogP contribution in [0.3, 0.4) is 0 Å². The quantitative estimate of drug-likeness (QED) is 0.463. The molecule has 0 aliphatic heterocycles. The zero-order chi connectivity index (χ0) is 14.4. The summed E-state index contributed by atoms with van der Waals surface area (Å²) in [5.41, 5.74) is 0.963. The molecule has 114 valence electrons. The Morgan fingerprint density at radius 3 is 2.48 bits per heavy atom. The maximum absolute atomic E-state index is 12.8. The number of hydrogen-bond donors (Lipinski definition) is 2. The molecule has 2 aromatic rings. The molecule has 1 aromatic heterocycles. The molecule has 0 unspecified atom stereocenters. The molecule has 0 fully saturated rings. The van der Waals surface area contributed by atoms with Gasteiger partial charge in [-0.05, 0) is 17.7 Å².